The number of amides is 3. The SMILES string of the molecule is COc1cc(O)c(C(=N)N(C(N)=O)c2ccc3c(ccn3CCC3CCN(C(=O)OC(C)(C)C)CC3)c2)cc1C(C)C. The van der Waals surface area contributed by atoms with Crippen LogP contribution < -0.4 is 15.4 Å². The minimum atomic E-state index is -0.821. The summed E-state index contributed by atoms with van der Waals surface area (Å²) < 4.78 is 13.1. The lowest BCUT2D eigenvalue weighted by atomic mass is 9.94. The van der Waals surface area contributed by atoms with E-state index < -0.39 is 11.6 Å². The number of primary amides is 1. The number of rotatable bonds is 7. The second kappa shape index (κ2) is 12.3. The van der Waals surface area contributed by atoms with Gasteiger partial charge in [-0.15, -0.1) is 0 Å². The molecule has 3 amide bonds. The number of nitrogens with one attached hydrogen (secondary N) is 1. The minimum Gasteiger partial charge on any atom is -0.507 e. The molecule has 42 heavy (non-hydrogen) atoms. The molecule has 2 heterocycles. The quantitative estimate of drug-likeness (QED) is 0.220. The van der Waals surface area contributed by atoms with Crippen LogP contribution in [-0.2, 0) is 11.3 Å². The molecule has 4 rings (SSSR count). The second-order valence-electron chi connectivity index (χ2n) is 12.2. The zero-order valence-corrected chi connectivity index (χ0v) is 25.4. The summed E-state index contributed by atoms with van der Waals surface area (Å²) in [7, 11) is 1.53. The number of hydrogen-bond acceptors (Lipinski definition) is 6. The maximum absolute atomic E-state index is 12.6. The number of aromatic hydroxyl groups is 1. The highest BCUT2D eigenvalue weighted by Crippen LogP contribution is 2.35. The predicted molar refractivity (Wildman–Crippen MR) is 165 cm³/mol. The third kappa shape index (κ3) is 6.80. The van der Waals surface area contributed by atoms with Crippen LogP contribution in [0.4, 0.5) is 15.3 Å². The minimum absolute atomic E-state index is 0.0720. The molecule has 1 aromatic heterocycles. The van der Waals surface area contributed by atoms with Crippen LogP contribution in [0.2, 0.25) is 0 Å². The lowest BCUT2D eigenvalue weighted by Crippen LogP contribution is -2.41. The van der Waals surface area contributed by atoms with Gasteiger partial charge in [-0.2, -0.15) is 0 Å². The number of phenolic OH excluding ortho intramolecular Hbond substituents is 1. The zero-order chi connectivity index (χ0) is 30.8. The number of benzene rings is 2. The summed E-state index contributed by atoms with van der Waals surface area (Å²) in [5, 5.41) is 20.4. The van der Waals surface area contributed by atoms with E-state index in [2.05, 4.69) is 4.57 Å². The molecule has 3 aromatic rings. The van der Waals surface area contributed by atoms with E-state index in [0.717, 1.165) is 47.2 Å². The molecule has 0 spiro atoms. The Morgan fingerprint density at radius 2 is 1.83 bits per heavy atom. The molecule has 1 fully saturated rings. The highest BCUT2D eigenvalue weighted by Gasteiger charge is 2.27. The number of hydrogen-bond donors (Lipinski definition) is 3. The summed E-state index contributed by atoms with van der Waals surface area (Å²) in [5.74, 6) is 0.709. The smallest absolute Gasteiger partial charge is 0.410 e. The number of methoxy groups -OCH3 is 1. The zero-order valence-electron chi connectivity index (χ0n) is 25.4. The Labute approximate surface area is 247 Å². The van der Waals surface area contributed by atoms with Crippen LogP contribution in [0.25, 0.3) is 10.9 Å². The van der Waals surface area contributed by atoms with Gasteiger partial charge >= 0.3 is 12.1 Å². The molecule has 0 radical (unpaired) electrons. The molecule has 10 nitrogen and oxygen atoms in total. The van der Waals surface area contributed by atoms with Gasteiger partial charge in [0.25, 0.3) is 0 Å². The number of fused-ring (bicyclic) bond motifs is 1. The van der Waals surface area contributed by atoms with Crippen LogP contribution in [0.5, 0.6) is 11.5 Å². The standard InChI is InChI=1S/C32H43N5O5/c1-20(2)24-18-25(27(38)19-28(24)41-6)29(33)37(30(34)39)23-7-8-26-22(17-23)12-16-35(26)13-9-21-10-14-36(15-11-21)31(40)42-32(3,4)5/h7-8,12,16-21,33,38H,9-11,13-15H2,1-6H3,(H2,34,39). The van der Waals surface area contributed by atoms with Gasteiger partial charge in [-0.3, -0.25) is 5.41 Å². The van der Waals surface area contributed by atoms with Crippen molar-refractivity contribution in [3.8, 4) is 11.5 Å². The van der Waals surface area contributed by atoms with Gasteiger partial charge in [-0.05, 0) is 87.8 Å². The van der Waals surface area contributed by atoms with E-state index in [0.29, 0.717) is 30.4 Å². The number of nitrogens with two attached hydrogens (primary N) is 1. The molecule has 0 unspecified atom stereocenters. The van der Waals surface area contributed by atoms with Gasteiger partial charge in [0.2, 0.25) is 0 Å². The molecule has 2 aromatic carbocycles. The Balaban J connectivity index is 1.47. The average molecular weight is 578 g/mol. The van der Waals surface area contributed by atoms with Gasteiger partial charge in [0.15, 0.2) is 0 Å². The average Bonchev–Trinajstić information content (AvgIpc) is 3.32. The number of piperidine rings is 1. The number of nitrogens with zero attached hydrogens (tertiary/aromatic N) is 3. The molecule has 1 aliphatic rings. The molecular weight excluding hydrogens is 534 g/mol. The second-order valence-corrected chi connectivity index (χ2v) is 12.2. The normalized spacial score (nSPS) is 14.3. The molecule has 4 N–H and O–H groups in total. The highest BCUT2D eigenvalue weighted by molar-refractivity contribution is 6.22. The van der Waals surface area contributed by atoms with Crippen molar-refractivity contribution in [2.45, 2.75) is 71.9 Å². The largest absolute Gasteiger partial charge is 0.507 e. The van der Waals surface area contributed by atoms with Crippen LogP contribution in [0.1, 0.15) is 70.9 Å². The van der Waals surface area contributed by atoms with E-state index in [-0.39, 0.29) is 29.2 Å². The third-order valence-corrected chi connectivity index (χ3v) is 7.73. The van der Waals surface area contributed by atoms with Crippen LogP contribution in [0, 0.1) is 11.3 Å². The van der Waals surface area contributed by atoms with E-state index in [4.69, 9.17) is 20.6 Å². The molecule has 10 heteroatoms. The topological polar surface area (TPSA) is 134 Å². The van der Waals surface area contributed by atoms with E-state index in [1.165, 1.54) is 13.2 Å². The lowest BCUT2D eigenvalue weighted by molar-refractivity contribution is 0.0180. The van der Waals surface area contributed by atoms with E-state index >= 15 is 0 Å². The van der Waals surface area contributed by atoms with Gasteiger partial charge in [0.05, 0.1) is 18.4 Å². The Bertz CT molecular complexity index is 1460. The molecule has 1 aliphatic heterocycles. The van der Waals surface area contributed by atoms with Crippen molar-refractivity contribution in [1.29, 1.82) is 5.41 Å². The first-order chi connectivity index (χ1) is 19.8. The number of carbonyl (C=O) groups excluding carboxylic acids is 2. The maximum atomic E-state index is 12.6. The molecule has 0 aliphatic carbocycles. The Morgan fingerprint density at radius 3 is 2.43 bits per heavy atom. The van der Waals surface area contributed by atoms with E-state index in [1.54, 1.807) is 17.0 Å². The van der Waals surface area contributed by atoms with Crippen molar-refractivity contribution >= 4 is 34.6 Å². The molecular formula is C32H43N5O5. The number of amidine groups is 1. The summed E-state index contributed by atoms with van der Waals surface area (Å²) in [4.78, 5) is 27.9. The Morgan fingerprint density at radius 1 is 1.14 bits per heavy atom. The van der Waals surface area contributed by atoms with Crippen molar-refractivity contribution < 1.29 is 24.2 Å². The number of likely N-dealkylation sites (tertiary alicyclic amines) is 1. The Hall–Kier alpha value is -4.21. The van der Waals surface area contributed by atoms with Crippen molar-refractivity contribution in [2.75, 3.05) is 25.1 Å². The van der Waals surface area contributed by atoms with Gasteiger partial charge in [0.1, 0.15) is 22.9 Å². The van der Waals surface area contributed by atoms with E-state index in [9.17, 15) is 14.7 Å². The predicted octanol–water partition coefficient (Wildman–Crippen LogP) is 6.43. The summed E-state index contributed by atoms with van der Waals surface area (Å²) in [6, 6.07) is 9.81. The van der Waals surface area contributed by atoms with Crippen molar-refractivity contribution in [2.24, 2.45) is 11.7 Å². The van der Waals surface area contributed by atoms with Crippen LogP contribution in [0.15, 0.2) is 42.6 Å². The van der Waals surface area contributed by atoms with Gasteiger partial charge in [-0.25, -0.2) is 14.5 Å². The number of phenols is 1. The van der Waals surface area contributed by atoms with Crippen LogP contribution in [0.3, 0.4) is 0 Å². The summed E-state index contributed by atoms with van der Waals surface area (Å²) >= 11 is 0. The fourth-order valence-electron chi connectivity index (χ4n) is 5.46. The molecule has 226 valence electrons. The van der Waals surface area contributed by atoms with Gasteiger partial charge in [0, 0.05) is 42.8 Å². The number of ether oxygens (including phenoxy) is 2. The monoisotopic (exact) mass is 577 g/mol. The van der Waals surface area contributed by atoms with E-state index in [1.807, 2.05) is 59.0 Å². The fourth-order valence-corrected chi connectivity index (χ4v) is 5.46. The molecule has 0 atom stereocenters. The molecule has 0 bridgehead atoms. The third-order valence-electron chi connectivity index (χ3n) is 7.73. The van der Waals surface area contributed by atoms with Crippen molar-refractivity contribution in [3.05, 3.63) is 53.7 Å². The summed E-state index contributed by atoms with van der Waals surface area (Å²) in [5.41, 5.74) is 7.70. The number of anilines is 1. The Kier molecular flexibility index (Phi) is 9.03. The molecule has 1 saturated heterocycles. The van der Waals surface area contributed by atoms with Gasteiger partial charge in [-0.1, -0.05) is 13.8 Å². The number of aromatic nitrogens is 1. The number of urea groups is 1. The first kappa shape index (κ1) is 30.7. The van der Waals surface area contributed by atoms with Crippen LogP contribution in [-0.4, -0.2) is 58.3 Å². The fraction of sp³-hybridized carbons (Fsp3) is 0.469. The summed E-state index contributed by atoms with van der Waals surface area (Å²) in [6.45, 7) is 11.8. The number of aryl methyl sites for hydroxylation is 1. The lowest BCUT2D eigenvalue weighted by Gasteiger charge is -2.33. The number of carbonyl (C=O) groups is 2. The van der Waals surface area contributed by atoms with Crippen LogP contribution >= 0.6 is 0 Å². The van der Waals surface area contributed by atoms with Crippen molar-refractivity contribution in [3.63, 3.8) is 0 Å². The maximum Gasteiger partial charge on any atom is 0.410 e. The highest BCUT2D eigenvalue weighted by atomic mass is 16.6. The molecule has 0 saturated carbocycles. The first-order valence-corrected chi connectivity index (χ1v) is 14.4. The van der Waals surface area contributed by atoms with Crippen molar-refractivity contribution in [1.82, 2.24) is 9.47 Å². The first-order valence-electron chi connectivity index (χ1n) is 14.4. The van der Waals surface area contributed by atoms with Gasteiger partial charge < -0.3 is 29.8 Å². The summed E-state index contributed by atoms with van der Waals surface area (Å²) in [6.07, 6.45) is 4.65.